The van der Waals surface area contributed by atoms with Gasteiger partial charge in [0, 0.05) is 38.8 Å². The number of nitrogens with zero attached hydrogens (tertiary/aromatic N) is 6. The number of hydrogen-bond donors (Lipinski definition) is 4. The molecule has 4 aromatic heterocycles. The molecule has 72 heavy (non-hydrogen) atoms. The van der Waals surface area contributed by atoms with E-state index < -0.39 is 39.7 Å². The van der Waals surface area contributed by atoms with Gasteiger partial charge in [-0.15, -0.1) is 0 Å². The molecule has 396 valence electrons. The minimum Gasteiger partial charge on any atom is -0.431 e. The van der Waals surface area contributed by atoms with Crippen molar-refractivity contribution in [2.45, 2.75) is 131 Å². The number of para-hydroxylation sites is 2. The first-order valence-electron chi connectivity index (χ1n) is 24.7. The zero-order valence-corrected chi connectivity index (χ0v) is 44.8. The van der Waals surface area contributed by atoms with E-state index in [1.54, 1.807) is 61.4 Å². The van der Waals surface area contributed by atoms with E-state index in [1.807, 2.05) is 101 Å². The van der Waals surface area contributed by atoms with Crippen molar-refractivity contribution in [1.29, 1.82) is 0 Å². The van der Waals surface area contributed by atoms with E-state index in [0.717, 1.165) is 25.7 Å². The van der Waals surface area contributed by atoms with Crippen LogP contribution in [-0.4, -0.2) is 105 Å². The number of nitrogens with one attached hydrogen (secondary N) is 2. The molecule has 2 aromatic carbocycles. The SMILES string of the molecule is CCCOC(OCCC)[C@H](C)N[P@@](=O)(CO[C@H](C)Cn1cnc2c(N)ccnc21)Oc1ccccc1.CCCOC(OCCC)[C@H](C)N[P@](=O)(CO[C@H](C)Cn1cnc2c(N)ccnc21)Oc1ccccc1. The van der Waals surface area contributed by atoms with Gasteiger partial charge in [0.15, 0.2) is 23.9 Å². The van der Waals surface area contributed by atoms with E-state index in [4.69, 9.17) is 48.9 Å². The highest BCUT2D eigenvalue weighted by Crippen LogP contribution is 2.45. The van der Waals surface area contributed by atoms with Crippen molar-refractivity contribution < 1.29 is 46.6 Å². The lowest BCUT2D eigenvalue weighted by Gasteiger charge is -2.30. The molecule has 0 spiro atoms. The number of ether oxygens (including phenoxy) is 6. The van der Waals surface area contributed by atoms with Crippen molar-refractivity contribution in [1.82, 2.24) is 39.2 Å². The fourth-order valence-corrected chi connectivity index (χ4v) is 10.8. The van der Waals surface area contributed by atoms with Gasteiger partial charge in [0.25, 0.3) is 0 Å². The molecule has 6 aromatic rings. The molecule has 20 nitrogen and oxygen atoms in total. The minimum absolute atomic E-state index is 0.149. The van der Waals surface area contributed by atoms with Crippen molar-refractivity contribution >= 4 is 48.7 Å². The Morgan fingerprint density at radius 3 is 1.19 bits per heavy atom. The monoisotopic (exact) mass is 1040 g/mol. The van der Waals surface area contributed by atoms with E-state index >= 15 is 0 Å². The van der Waals surface area contributed by atoms with E-state index in [9.17, 15) is 9.13 Å². The average Bonchev–Trinajstić information content (AvgIpc) is 3.98. The molecule has 0 saturated carbocycles. The summed E-state index contributed by atoms with van der Waals surface area (Å²) in [5.41, 5.74) is 15.7. The van der Waals surface area contributed by atoms with Gasteiger partial charge in [-0.1, -0.05) is 64.1 Å². The van der Waals surface area contributed by atoms with Crippen molar-refractivity contribution in [2.24, 2.45) is 0 Å². The lowest BCUT2D eigenvalue weighted by molar-refractivity contribution is -0.154. The molecule has 0 unspecified atom stereocenters. The molecule has 0 bridgehead atoms. The topological polar surface area (TPSA) is 246 Å². The van der Waals surface area contributed by atoms with Crippen LogP contribution < -0.4 is 30.7 Å². The highest BCUT2D eigenvalue weighted by atomic mass is 31.2. The molecule has 4 heterocycles. The van der Waals surface area contributed by atoms with E-state index in [1.165, 1.54) is 0 Å². The van der Waals surface area contributed by atoms with Crippen LogP contribution in [0.3, 0.4) is 0 Å². The van der Waals surface area contributed by atoms with Crippen LogP contribution in [0.15, 0.2) is 97.8 Å². The van der Waals surface area contributed by atoms with Crippen LogP contribution in [0.25, 0.3) is 22.3 Å². The Labute approximate surface area is 424 Å². The lowest BCUT2D eigenvalue weighted by Crippen LogP contribution is -2.41. The minimum atomic E-state index is -3.51. The lowest BCUT2D eigenvalue weighted by atomic mass is 10.3. The van der Waals surface area contributed by atoms with Gasteiger partial charge in [0.2, 0.25) is 0 Å². The molecule has 0 aliphatic carbocycles. The fourth-order valence-electron chi connectivity index (χ4n) is 7.18. The maximum Gasteiger partial charge on any atom is 0.342 e. The van der Waals surface area contributed by atoms with Gasteiger partial charge in [0.1, 0.15) is 35.2 Å². The van der Waals surface area contributed by atoms with Crippen LogP contribution in [0.5, 0.6) is 11.5 Å². The maximum atomic E-state index is 14.0. The second-order valence-corrected chi connectivity index (χ2v) is 21.5. The van der Waals surface area contributed by atoms with Gasteiger partial charge >= 0.3 is 15.0 Å². The largest absolute Gasteiger partial charge is 0.431 e. The van der Waals surface area contributed by atoms with Crippen LogP contribution in [0, 0.1) is 0 Å². The number of pyridine rings is 2. The molecule has 0 aliphatic heterocycles. The van der Waals surface area contributed by atoms with E-state index in [2.05, 4.69) is 30.1 Å². The summed E-state index contributed by atoms with van der Waals surface area (Å²) in [5.74, 6) is 0.968. The Balaban J connectivity index is 0.000000267. The van der Waals surface area contributed by atoms with Gasteiger partial charge in [0.05, 0.1) is 61.4 Å². The quantitative estimate of drug-likeness (QED) is 0.0227. The van der Waals surface area contributed by atoms with E-state index in [-0.39, 0.29) is 24.9 Å². The van der Waals surface area contributed by atoms with Crippen molar-refractivity contribution in [3.05, 3.63) is 97.8 Å². The number of aromatic nitrogens is 6. The van der Waals surface area contributed by atoms with Crippen LogP contribution in [0.4, 0.5) is 11.4 Å². The molecule has 6 N–H and O–H groups in total. The number of rotatable bonds is 32. The third kappa shape index (κ3) is 18.2. The molecule has 0 fully saturated rings. The number of hydrogen-bond acceptors (Lipinski definition) is 16. The predicted molar refractivity (Wildman–Crippen MR) is 282 cm³/mol. The highest BCUT2D eigenvalue weighted by molar-refractivity contribution is 7.57. The molecular weight excluding hydrogens is 963 g/mol. The molecule has 0 radical (unpaired) electrons. The Morgan fingerprint density at radius 2 is 0.861 bits per heavy atom. The molecule has 0 saturated heterocycles. The van der Waals surface area contributed by atoms with Gasteiger partial charge < -0.3 is 58.1 Å². The first-order valence-corrected chi connectivity index (χ1v) is 28.3. The van der Waals surface area contributed by atoms with Gasteiger partial charge in [-0.05, 0) is 89.8 Å². The molecule has 6 rings (SSSR count). The van der Waals surface area contributed by atoms with Crippen LogP contribution >= 0.6 is 15.0 Å². The maximum absolute atomic E-state index is 14.0. The summed E-state index contributed by atoms with van der Waals surface area (Å²) in [6, 6.07) is 20.7. The van der Waals surface area contributed by atoms with Crippen molar-refractivity contribution in [3.63, 3.8) is 0 Å². The molecule has 0 aliphatic rings. The summed E-state index contributed by atoms with van der Waals surface area (Å²) in [7, 11) is -7.02. The summed E-state index contributed by atoms with van der Waals surface area (Å²) < 4.78 is 79.2. The summed E-state index contributed by atoms with van der Waals surface area (Å²) in [6.07, 6.45) is 7.99. The zero-order chi connectivity index (χ0) is 51.9. The van der Waals surface area contributed by atoms with E-state index in [0.29, 0.717) is 84.7 Å². The number of benzene rings is 2. The van der Waals surface area contributed by atoms with Gasteiger partial charge in [-0.2, -0.15) is 0 Å². The third-order valence-corrected chi connectivity index (χ3v) is 14.2. The molecule has 22 heteroatoms. The van der Waals surface area contributed by atoms with Crippen LogP contribution in [-0.2, 0) is 50.6 Å². The predicted octanol–water partition coefficient (Wildman–Crippen LogP) is 9.61. The number of nitrogen functional groups attached to an aromatic ring is 2. The molecule has 6 atom stereocenters. The smallest absolute Gasteiger partial charge is 0.342 e. The van der Waals surface area contributed by atoms with Crippen LogP contribution in [0.2, 0.25) is 0 Å². The third-order valence-electron chi connectivity index (χ3n) is 10.6. The summed E-state index contributed by atoms with van der Waals surface area (Å²) in [4.78, 5) is 17.4. The second-order valence-electron chi connectivity index (χ2n) is 17.4. The summed E-state index contributed by atoms with van der Waals surface area (Å²) >= 11 is 0. The first kappa shape index (κ1) is 57.9. The second kappa shape index (κ2) is 29.7. The number of anilines is 2. The first-order chi connectivity index (χ1) is 34.7. The average molecular weight is 1040 g/mol. The number of imidazole rings is 2. The number of fused-ring (bicyclic) bond motifs is 2. The van der Waals surface area contributed by atoms with Crippen molar-refractivity contribution in [2.75, 3.05) is 50.6 Å². The van der Waals surface area contributed by atoms with Crippen molar-refractivity contribution in [3.8, 4) is 11.5 Å². The fraction of sp³-hybridized carbons (Fsp3) is 0.520. The standard InChI is InChI=1S/2C25H38N5O5P/c2*1-5-14-32-25(33-15-6-2)20(4)29-36(31,35-21-10-8-7-9-11-21)18-34-19(3)16-30-17-28-23-22(26)12-13-27-24(23)30/h2*7-13,17,19-20,25H,5-6,14-16,18H2,1-4H3,(H2,26,27)(H,29,31)/t19-,20+,36+;19-,20+,36-/m11/s1. The summed E-state index contributed by atoms with van der Waals surface area (Å²) in [5, 5.41) is 6.24. The Kier molecular flexibility index (Phi) is 23.9. The highest BCUT2D eigenvalue weighted by Gasteiger charge is 2.34. The Bertz CT molecular complexity index is 2380. The number of nitrogens with two attached hydrogens (primary N) is 2. The summed E-state index contributed by atoms with van der Waals surface area (Å²) in [6.45, 7) is 18.7. The Hall–Kier alpha value is -4.98. The normalized spacial score (nSPS) is 15.1. The Morgan fingerprint density at radius 1 is 0.514 bits per heavy atom. The van der Waals surface area contributed by atoms with Crippen LogP contribution in [0.1, 0.15) is 81.1 Å². The molecular formula is C50H76N10O10P2. The van der Waals surface area contributed by atoms with Gasteiger partial charge in [-0.3, -0.25) is 9.13 Å². The zero-order valence-electron chi connectivity index (χ0n) is 43.0. The van der Waals surface area contributed by atoms with Gasteiger partial charge in [-0.25, -0.2) is 30.1 Å². The molecule has 0 amide bonds.